The second kappa shape index (κ2) is 11.1. The van der Waals surface area contributed by atoms with Gasteiger partial charge in [0.1, 0.15) is 0 Å². The predicted octanol–water partition coefficient (Wildman–Crippen LogP) is 2.47. The number of carbonyl (C=O) groups is 3. The van der Waals surface area contributed by atoms with Gasteiger partial charge in [0.2, 0.25) is 5.91 Å². The molecule has 2 aromatic rings. The van der Waals surface area contributed by atoms with Crippen LogP contribution in [0.1, 0.15) is 45.6 Å². The van der Waals surface area contributed by atoms with E-state index in [-0.39, 0.29) is 34.9 Å². The van der Waals surface area contributed by atoms with Gasteiger partial charge in [0.15, 0.2) is 11.0 Å². The third kappa shape index (κ3) is 6.00. The topological polar surface area (TPSA) is 114 Å². The van der Waals surface area contributed by atoms with Crippen molar-refractivity contribution in [2.75, 3.05) is 27.3 Å². The van der Waals surface area contributed by atoms with Crippen molar-refractivity contribution in [1.29, 1.82) is 0 Å². The van der Waals surface area contributed by atoms with E-state index in [1.54, 1.807) is 42.4 Å². The van der Waals surface area contributed by atoms with Crippen LogP contribution in [0.4, 0.5) is 0 Å². The van der Waals surface area contributed by atoms with Crippen molar-refractivity contribution < 1.29 is 23.9 Å². The molecule has 1 aromatic carbocycles. The van der Waals surface area contributed by atoms with Crippen LogP contribution >= 0.6 is 11.6 Å². The highest BCUT2D eigenvalue weighted by Gasteiger charge is 2.32. The number of methoxy groups -OCH3 is 2. The Morgan fingerprint density at radius 2 is 2.00 bits per heavy atom. The number of amides is 2. The molecular weight excluding hydrogens is 448 g/mol. The number of nitrogens with zero attached hydrogens (tertiary/aromatic N) is 2. The minimum atomic E-state index is -0.414. The van der Waals surface area contributed by atoms with Crippen molar-refractivity contribution >= 4 is 35.5 Å². The van der Waals surface area contributed by atoms with E-state index in [1.165, 1.54) is 13.2 Å². The van der Waals surface area contributed by atoms with Crippen LogP contribution in [0.25, 0.3) is 6.08 Å². The number of nitrogens with one attached hydrogen (secondary N) is 2. The number of hydrogen-bond acceptors (Lipinski definition) is 6. The van der Waals surface area contributed by atoms with E-state index in [1.807, 2.05) is 6.92 Å². The lowest BCUT2D eigenvalue weighted by atomic mass is 10.0. The number of H-pyrrole nitrogens is 1. The van der Waals surface area contributed by atoms with Gasteiger partial charge in [-0.1, -0.05) is 30.7 Å². The average Bonchev–Trinajstić information content (AvgIpc) is 3.23. The summed E-state index contributed by atoms with van der Waals surface area (Å²) in [5, 5.41) is 3.22. The van der Waals surface area contributed by atoms with Crippen molar-refractivity contribution in [1.82, 2.24) is 20.2 Å². The second-order valence-corrected chi connectivity index (χ2v) is 7.94. The third-order valence-electron chi connectivity index (χ3n) is 5.54. The number of imidazole rings is 1. The summed E-state index contributed by atoms with van der Waals surface area (Å²) in [5.41, 5.74) is 1.93. The summed E-state index contributed by atoms with van der Waals surface area (Å²) in [5.74, 6) is -0.780. The van der Waals surface area contributed by atoms with Crippen LogP contribution in [0.15, 0.2) is 30.3 Å². The number of esters is 1. The van der Waals surface area contributed by atoms with E-state index in [2.05, 4.69) is 20.0 Å². The molecular formula is C23H27ClN4O5. The van der Waals surface area contributed by atoms with Gasteiger partial charge < -0.3 is 24.7 Å². The summed E-state index contributed by atoms with van der Waals surface area (Å²) in [7, 11) is 2.88. The van der Waals surface area contributed by atoms with Crippen LogP contribution in [0.2, 0.25) is 5.15 Å². The fourth-order valence-electron chi connectivity index (χ4n) is 3.61. The average molecular weight is 475 g/mol. The molecule has 176 valence electrons. The summed E-state index contributed by atoms with van der Waals surface area (Å²) >= 11 is 6.03. The summed E-state index contributed by atoms with van der Waals surface area (Å²) < 4.78 is 10.2. The Bertz CT molecular complexity index is 1030. The van der Waals surface area contributed by atoms with Gasteiger partial charge in [0.05, 0.1) is 30.5 Å². The molecule has 1 aliphatic heterocycles. The minimum absolute atomic E-state index is 0.159. The standard InChI is InChI=1S/C23H27ClN4O5/c1-4-16-20(24)27-21(25-16)22(30)26-17-11-12-28(13-18(17)32-2)19(29)10-7-14-5-8-15(9-6-14)23(31)33-3/h5-10,17-18H,4,11-13H2,1-3H3,(H,25,27)(H,26,30). The number of ether oxygens (including phenoxy) is 2. The smallest absolute Gasteiger partial charge is 0.337 e. The molecule has 0 spiro atoms. The molecule has 9 nitrogen and oxygen atoms in total. The van der Waals surface area contributed by atoms with Gasteiger partial charge in [0, 0.05) is 26.3 Å². The maximum absolute atomic E-state index is 12.7. The SMILES string of the molecule is CCc1[nH]c(C(=O)NC2CCN(C(=O)C=Cc3ccc(C(=O)OC)cc3)CC2OC)nc1Cl. The molecule has 2 N–H and O–H groups in total. The highest BCUT2D eigenvalue weighted by molar-refractivity contribution is 6.30. The Morgan fingerprint density at radius 1 is 1.27 bits per heavy atom. The molecule has 3 rings (SSSR count). The summed E-state index contributed by atoms with van der Waals surface area (Å²) in [6, 6.07) is 6.48. The first-order valence-corrected chi connectivity index (χ1v) is 11.0. The number of aromatic amines is 1. The van der Waals surface area contributed by atoms with Gasteiger partial charge in [-0.3, -0.25) is 9.59 Å². The molecule has 2 amide bonds. The Labute approximate surface area is 197 Å². The van der Waals surface area contributed by atoms with Gasteiger partial charge >= 0.3 is 5.97 Å². The first-order valence-electron chi connectivity index (χ1n) is 10.6. The quantitative estimate of drug-likeness (QED) is 0.470. The number of piperidine rings is 1. The first kappa shape index (κ1) is 24.5. The number of aromatic nitrogens is 2. The maximum Gasteiger partial charge on any atom is 0.337 e. The predicted molar refractivity (Wildman–Crippen MR) is 123 cm³/mol. The largest absolute Gasteiger partial charge is 0.465 e. The lowest BCUT2D eigenvalue weighted by molar-refractivity contribution is -0.130. The van der Waals surface area contributed by atoms with Crippen molar-refractivity contribution in [3.63, 3.8) is 0 Å². The van der Waals surface area contributed by atoms with E-state index in [0.29, 0.717) is 37.2 Å². The molecule has 1 saturated heterocycles. The molecule has 2 atom stereocenters. The van der Waals surface area contributed by atoms with Crippen LogP contribution in [0.5, 0.6) is 0 Å². The fourth-order valence-corrected chi connectivity index (χ4v) is 3.87. The molecule has 0 aliphatic carbocycles. The van der Waals surface area contributed by atoms with Crippen LogP contribution in [0, 0.1) is 0 Å². The van der Waals surface area contributed by atoms with E-state index in [0.717, 1.165) is 5.56 Å². The van der Waals surface area contributed by atoms with Crippen molar-refractivity contribution in [3.8, 4) is 0 Å². The van der Waals surface area contributed by atoms with Crippen LogP contribution in [-0.4, -0.2) is 72.1 Å². The zero-order valence-corrected chi connectivity index (χ0v) is 19.5. The number of aryl methyl sites for hydroxylation is 1. The van der Waals surface area contributed by atoms with E-state index in [4.69, 9.17) is 16.3 Å². The molecule has 2 unspecified atom stereocenters. The van der Waals surface area contributed by atoms with Gasteiger partial charge in [0.25, 0.3) is 5.91 Å². The van der Waals surface area contributed by atoms with Gasteiger partial charge in [-0.05, 0) is 36.6 Å². The third-order valence-corrected chi connectivity index (χ3v) is 5.85. The molecule has 10 heteroatoms. The molecule has 1 fully saturated rings. The van der Waals surface area contributed by atoms with Crippen molar-refractivity contribution in [2.45, 2.75) is 31.9 Å². The van der Waals surface area contributed by atoms with Crippen molar-refractivity contribution in [3.05, 3.63) is 58.1 Å². The molecule has 0 saturated carbocycles. The lowest BCUT2D eigenvalue weighted by Gasteiger charge is -2.37. The number of hydrogen-bond donors (Lipinski definition) is 2. The maximum atomic E-state index is 12.7. The zero-order valence-electron chi connectivity index (χ0n) is 18.8. The normalized spacial score (nSPS) is 18.4. The minimum Gasteiger partial charge on any atom is -0.465 e. The van der Waals surface area contributed by atoms with E-state index >= 15 is 0 Å². The molecule has 1 aromatic heterocycles. The second-order valence-electron chi connectivity index (χ2n) is 7.58. The van der Waals surface area contributed by atoms with E-state index in [9.17, 15) is 14.4 Å². The molecule has 1 aliphatic rings. The zero-order chi connectivity index (χ0) is 24.0. The Morgan fingerprint density at radius 3 is 2.61 bits per heavy atom. The molecule has 0 bridgehead atoms. The number of benzene rings is 1. The summed E-state index contributed by atoms with van der Waals surface area (Å²) in [4.78, 5) is 45.4. The molecule has 0 radical (unpaired) electrons. The first-order chi connectivity index (χ1) is 15.9. The van der Waals surface area contributed by atoms with E-state index < -0.39 is 5.97 Å². The molecule has 33 heavy (non-hydrogen) atoms. The lowest BCUT2D eigenvalue weighted by Crippen LogP contribution is -2.55. The van der Waals surface area contributed by atoms with Gasteiger partial charge in [-0.2, -0.15) is 0 Å². The number of rotatable bonds is 7. The fraction of sp³-hybridized carbons (Fsp3) is 0.391. The number of carbonyl (C=O) groups excluding carboxylic acids is 3. The molecule has 2 heterocycles. The number of likely N-dealkylation sites (tertiary alicyclic amines) is 1. The summed E-state index contributed by atoms with van der Waals surface area (Å²) in [6.45, 7) is 2.72. The van der Waals surface area contributed by atoms with Crippen molar-refractivity contribution in [2.24, 2.45) is 0 Å². The summed E-state index contributed by atoms with van der Waals surface area (Å²) in [6.07, 6.45) is 3.98. The van der Waals surface area contributed by atoms with Crippen LogP contribution in [-0.2, 0) is 20.7 Å². The Kier molecular flexibility index (Phi) is 8.24. The highest BCUT2D eigenvalue weighted by atomic mass is 35.5. The highest BCUT2D eigenvalue weighted by Crippen LogP contribution is 2.17. The van der Waals surface area contributed by atoms with Crippen LogP contribution in [0.3, 0.4) is 0 Å². The van der Waals surface area contributed by atoms with Crippen LogP contribution < -0.4 is 5.32 Å². The van der Waals surface area contributed by atoms with Gasteiger partial charge in [-0.25, -0.2) is 9.78 Å². The Balaban J connectivity index is 1.57. The van der Waals surface area contributed by atoms with Gasteiger partial charge in [-0.15, -0.1) is 0 Å². The monoisotopic (exact) mass is 474 g/mol. The number of halogens is 1. The Hall–Kier alpha value is -3.17.